The van der Waals surface area contributed by atoms with E-state index < -0.39 is 0 Å². The van der Waals surface area contributed by atoms with Gasteiger partial charge in [0.1, 0.15) is 27.2 Å². The second-order valence-electron chi connectivity index (χ2n) is 6.93. The largest absolute Gasteiger partial charge is 0.509 e. The minimum Gasteiger partial charge on any atom is -0.509 e. The van der Waals surface area contributed by atoms with Crippen molar-refractivity contribution in [2.75, 3.05) is 0 Å². The fourth-order valence-electron chi connectivity index (χ4n) is 3.38. The molecule has 9 heteroatoms. The normalized spacial score (nSPS) is 12.1. The molecule has 3 heterocycles. The average Bonchev–Trinajstić information content (AvgIpc) is 3.41. The first-order valence-electron chi connectivity index (χ1n) is 9.46. The number of benzene rings is 2. The maximum atomic E-state index is 13.2. The molecule has 5 aromatic rings. The molecule has 0 aliphatic heterocycles. The van der Waals surface area contributed by atoms with Crippen molar-refractivity contribution >= 4 is 60.3 Å². The fraction of sp³-hybridized carbons (Fsp3) is 0.0435. The number of hydrogen-bond acceptors (Lipinski definition) is 7. The van der Waals surface area contributed by atoms with E-state index in [0.717, 1.165) is 21.3 Å². The van der Waals surface area contributed by atoms with E-state index in [9.17, 15) is 15.2 Å². The van der Waals surface area contributed by atoms with Crippen LogP contribution in [0.25, 0.3) is 37.1 Å². The van der Waals surface area contributed by atoms with E-state index in [1.54, 1.807) is 12.1 Å². The van der Waals surface area contributed by atoms with Crippen molar-refractivity contribution < 1.29 is 5.11 Å². The Morgan fingerprint density at radius 3 is 2.72 bits per heavy atom. The van der Waals surface area contributed by atoms with Gasteiger partial charge in [-0.2, -0.15) is 5.26 Å². The Morgan fingerprint density at radius 1 is 1.19 bits per heavy atom. The van der Waals surface area contributed by atoms with E-state index in [1.807, 2.05) is 47.8 Å². The molecule has 3 aromatic heterocycles. The summed E-state index contributed by atoms with van der Waals surface area (Å²) in [7, 11) is 0. The van der Waals surface area contributed by atoms with Crippen molar-refractivity contribution in [3.63, 3.8) is 0 Å². The number of aromatic nitrogens is 3. The Labute approximate surface area is 194 Å². The number of rotatable bonds is 4. The molecule has 0 amide bonds. The van der Waals surface area contributed by atoms with Crippen LogP contribution in [0.3, 0.4) is 0 Å². The van der Waals surface area contributed by atoms with Gasteiger partial charge >= 0.3 is 0 Å². The van der Waals surface area contributed by atoms with Gasteiger partial charge in [0.15, 0.2) is 0 Å². The molecule has 0 spiro atoms. The topological polar surface area (TPSA) is 91.8 Å². The highest BCUT2D eigenvalue weighted by Gasteiger charge is 2.17. The van der Waals surface area contributed by atoms with Crippen LogP contribution in [-0.2, 0) is 6.54 Å². The van der Waals surface area contributed by atoms with Crippen molar-refractivity contribution in [3.05, 3.63) is 86.4 Å². The first kappa shape index (κ1) is 20.4. The zero-order valence-electron chi connectivity index (χ0n) is 16.3. The van der Waals surface area contributed by atoms with Gasteiger partial charge in [-0.1, -0.05) is 35.9 Å². The van der Waals surface area contributed by atoms with Crippen LogP contribution < -0.4 is 5.56 Å². The highest BCUT2D eigenvalue weighted by Crippen LogP contribution is 2.32. The molecule has 1 N–H and O–H groups in total. The number of thiazole rings is 1. The van der Waals surface area contributed by atoms with Crippen LogP contribution in [0, 0.1) is 11.3 Å². The summed E-state index contributed by atoms with van der Waals surface area (Å²) < 4.78 is 2.21. The number of aliphatic hydroxyl groups excluding tert-OH is 1. The number of nitrogens with zero attached hydrogens (tertiary/aromatic N) is 4. The van der Waals surface area contributed by atoms with Gasteiger partial charge in [0, 0.05) is 16.0 Å². The van der Waals surface area contributed by atoms with Crippen LogP contribution >= 0.6 is 34.3 Å². The summed E-state index contributed by atoms with van der Waals surface area (Å²) in [6.07, 6.45) is 1.39. The molecular weight excluding hydrogens is 464 g/mol. The SMILES string of the molecule is N#C/C(=C(/O)Cn1cnc2scc(-c3ccc(Cl)cc3)c2c1=O)c1nc2ccccc2s1. The van der Waals surface area contributed by atoms with Gasteiger partial charge in [-0.15, -0.1) is 22.7 Å². The van der Waals surface area contributed by atoms with Gasteiger partial charge in [0.2, 0.25) is 0 Å². The zero-order chi connectivity index (χ0) is 22.2. The highest BCUT2D eigenvalue weighted by molar-refractivity contribution is 7.19. The van der Waals surface area contributed by atoms with Gasteiger partial charge in [-0.3, -0.25) is 9.36 Å². The summed E-state index contributed by atoms with van der Waals surface area (Å²) in [5.41, 5.74) is 2.10. The Bertz CT molecular complexity index is 1570. The van der Waals surface area contributed by atoms with Crippen LogP contribution in [0.5, 0.6) is 0 Å². The number of halogens is 1. The predicted octanol–water partition coefficient (Wildman–Crippen LogP) is 5.88. The zero-order valence-corrected chi connectivity index (χ0v) is 18.7. The van der Waals surface area contributed by atoms with Gasteiger partial charge < -0.3 is 5.11 Å². The second-order valence-corrected chi connectivity index (χ2v) is 9.26. The summed E-state index contributed by atoms with van der Waals surface area (Å²) >= 11 is 8.67. The van der Waals surface area contributed by atoms with Gasteiger partial charge in [0.05, 0.1) is 28.5 Å². The quantitative estimate of drug-likeness (QED) is 0.258. The van der Waals surface area contributed by atoms with Crippen molar-refractivity contribution in [1.29, 1.82) is 5.26 Å². The van der Waals surface area contributed by atoms with Crippen molar-refractivity contribution in [1.82, 2.24) is 14.5 Å². The number of nitriles is 1. The lowest BCUT2D eigenvalue weighted by molar-refractivity contribution is 0.376. The summed E-state index contributed by atoms with van der Waals surface area (Å²) in [4.78, 5) is 22.7. The first-order chi connectivity index (χ1) is 15.5. The van der Waals surface area contributed by atoms with Crippen molar-refractivity contribution in [2.45, 2.75) is 6.54 Å². The smallest absolute Gasteiger partial charge is 0.263 e. The van der Waals surface area contributed by atoms with Gasteiger partial charge in [-0.05, 0) is 29.8 Å². The second kappa shape index (κ2) is 8.20. The minimum absolute atomic E-state index is 0.0430. The van der Waals surface area contributed by atoms with Crippen LogP contribution in [0.1, 0.15) is 5.01 Å². The van der Waals surface area contributed by atoms with E-state index in [4.69, 9.17) is 11.6 Å². The number of fused-ring (bicyclic) bond motifs is 2. The summed E-state index contributed by atoms with van der Waals surface area (Å²) in [6, 6.07) is 16.7. The molecule has 0 atom stereocenters. The van der Waals surface area contributed by atoms with Crippen LogP contribution in [0.4, 0.5) is 0 Å². The van der Waals surface area contributed by atoms with Crippen molar-refractivity contribution in [3.8, 4) is 17.2 Å². The molecule has 0 aliphatic carbocycles. The monoisotopic (exact) mass is 476 g/mol. The maximum Gasteiger partial charge on any atom is 0.263 e. The molecule has 0 radical (unpaired) electrons. The molecular formula is C23H13ClN4O2S2. The Hall–Kier alpha value is -3.51. The first-order valence-corrected chi connectivity index (χ1v) is 11.5. The van der Waals surface area contributed by atoms with Crippen molar-refractivity contribution in [2.24, 2.45) is 0 Å². The van der Waals surface area contributed by atoms with Crippen LogP contribution in [0.15, 0.2) is 70.8 Å². The molecule has 156 valence electrons. The third kappa shape index (κ3) is 3.56. The van der Waals surface area contributed by atoms with Gasteiger partial charge in [0.25, 0.3) is 5.56 Å². The lowest BCUT2D eigenvalue weighted by atomic mass is 10.1. The standard InChI is InChI=1S/C23H13ClN4O2S2/c24-14-7-5-13(6-8-14)16-11-31-22-20(16)23(30)28(12-26-22)10-18(29)15(9-25)21-27-17-3-1-2-4-19(17)32-21/h1-8,11-12,29H,10H2/b18-15-. The lowest BCUT2D eigenvalue weighted by Crippen LogP contribution is -2.21. The molecule has 2 aromatic carbocycles. The average molecular weight is 477 g/mol. The number of thiophene rings is 1. The molecule has 0 unspecified atom stereocenters. The summed E-state index contributed by atoms with van der Waals surface area (Å²) in [6.45, 7) is -0.184. The van der Waals surface area contributed by atoms with Crippen LogP contribution in [0.2, 0.25) is 5.02 Å². The number of para-hydroxylation sites is 1. The molecule has 0 saturated carbocycles. The fourth-order valence-corrected chi connectivity index (χ4v) is 5.39. The Balaban J connectivity index is 1.58. The van der Waals surface area contributed by atoms with E-state index in [1.165, 1.54) is 33.6 Å². The highest BCUT2D eigenvalue weighted by atomic mass is 35.5. The third-order valence-corrected chi connectivity index (χ3v) is 7.14. The number of aliphatic hydroxyl groups is 1. The number of hydrogen-bond donors (Lipinski definition) is 1. The van der Waals surface area contributed by atoms with Crippen LogP contribution in [-0.4, -0.2) is 19.6 Å². The molecule has 0 aliphatic rings. The summed E-state index contributed by atoms with van der Waals surface area (Å²) in [5.74, 6) is -0.238. The molecule has 0 bridgehead atoms. The maximum absolute atomic E-state index is 13.2. The molecule has 0 fully saturated rings. The molecule has 0 saturated heterocycles. The Kier molecular flexibility index (Phi) is 5.23. The van der Waals surface area contributed by atoms with E-state index >= 15 is 0 Å². The number of allylic oxidation sites excluding steroid dienone is 2. The minimum atomic E-state index is -0.297. The van der Waals surface area contributed by atoms with Gasteiger partial charge in [-0.25, -0.2) is 9.97 Å². The Morgan fingerprint density at radius 2 is 1.97 bits per heavy atom. The van der Waals surface area contributed by atoms with E-state index in [2.05, 4.69) is 9.97 Å². The summed E-state index contributed by atoms with van der Waals surface area (Å²) in [5, 5.41) is 23.8. The lowest BCUT2D eigenvalue weighted by Gasteiger charge is -2.07. The molecule has 6 nitrogen and oxygen atoms in total. The molecule has 32 heavy (non-hydrogen) atoms. The van der Waals surface area contributed by atoms with E-state index in [-0.39, 0.29) is 23.4 Å². The molecule has 5 rings (SSSR count). The predicted molar refractivity (Wildman–Crippen MR) is 129 cm³/mol. The van der Waals surface area contributed by atoms with E-state index in [0.29, 0.717) is 20.2 Å². The third-order valence-electron chi connectivity index (χ3n) is 4.94.